The number of non-ortho nitro benzene ring substituents is 1. The molecule has 1 aromatic rings. The number of nitro groups is 1. The van der Waals surface area contributed by atoms with E-state index < -0.39 is 22.8 Å². The van der Waals surface area contributed by atoms with Crippen molar-refractivity contribution in [3.63, 3.8) is 0 Å². The van der Waals surface area contributed by atoms with E-state index in [1.54, 1.807) is 0 Å². The van der Waals surface area contributed by atoms with Gasteiger partial charge in [-0.3, -0.25) is 14.9 Å². The maximum absolute atomic E-state index is 12.4. The third-order valence-electron chi connectivity index (χ3n) is 4.22. The zero-order valence-electron chi connectivity index (χ0n) is 14.6. The van der Waals surface area contributed by atoms with Gasteiger partial charge in [0, 0.05) is 17.7 Å². The van der Waals surface area contributed by atoms with Gasteiger partial charge in [0.1, 0.15) is 12.1 Å². The fourth-order valence-corrected chi connectivity index (χ4v) is 2.91. The molecule has 7 heteroatoms. The Morgan fingerprint density at radius 1 is 1.24 bits per heavy atom. The number of rotatable bonds is 7. The van der Waals surface area contributed by atoms with Crippen LogP contribution in [-0.2, 0) is 9.53 Å². The molecule has 1 aliphatic carbocycles. The van der Waals surface area contributed by atoms with E-state index in [1.165, 1.54) is 24.3 Å². The highest BCUT2D eigenvalue weighted by atomic mass is 16.6. The topological polar surface area (TPSA) is 98.5 Å². The van der Waals surface area contributed by atoms with Crippen molar-refractivity contribution in [2.45, 2.75) is 58.1 Å². The van der Waals surface area contributed by atoms with E-state index in [2.05, 4.69) is 5.32 Å². The van der Waals surface area contributed by atoms with Crippen LogP contribution >= 0.6 is 0 Å². The molecule has 0 saturated heterocycles. The summed E-state index contributed by atoms with van der Waals surface area (Å²) in [6.45, 7) is 3.93. The van der Waals surface area contributed by atoms with Crippen molar-refractivity contribution in [3.8, 4) is 0 Å². The number of carbonyl (C=O) groups is 2. The van der Waals surface area contributed by atoms with Crippen molar-refractivity contribution in [1.29, 1.82) is 0 Å². The first-order chi connectivity index (χ1) is 11.9. The summed E-state index contributed by atoms with van der Waals surface area (Å²) in [7, 11) is 0. The molecule has 1 fully saturated rings. The molecule has 1 aliphatic rings. The summed E-state index contributed by atoms with van der Waals surface area (Å²) in [6, 6.07) is 4.57. The molecule has 25 heavy (non-hydrogen) atoms. The Hall–Kier alpha value is -2.44. The molecule has 1 aromatic carbocycles. The normalized spacial score (nSPS) is 15.8. The Morgan fingerprint density at radius 2 is 1.84 bits per heavy atom. The smallest absolute Gasteiger partial charge is 0.328 e. The monoisotopic (exact) mass is 348 g/mol. The van der Waals surface area contributed by atoms with Crippen molar-refractivity contribution >= 4 is 17.6 Å². The third kappa shape index (κ3) is 5.55. The lowest BCUT2D eigenvalue weighted by Gasteiger charge is -2.21. The first kappa shape index (κ1) is 18.9. The van der Waals surface area contributed by atoms with E-state index in [9.17, 15) is 19.7 Å². The van der Waals surface area contributed by atoms with Crippen LogP contribution in [-0.4, -0.2) is 28.9 Å². The molecule has 1 N–H and O–H groups in total. The summed E-state index contributed by atoms with van der Waals surface area (Å²) < 4.78 is 5.52. The van der Waals surface area contributed by atoms with Crippen molar-refractivity contribution in [1.82, 2.24) is 5.32 Å². The highest BCUT2D eigenvalue weighted by Gasteiger charge is 2.28. The van der Waals surface area contributed by atoms with E-state index in [0.717, 1.165) is 25.7 Å². The van der Waals surface area contributed by atoms with E-state index >= 15 is 0 Å². The highest BCUT2D eigenvalue weighted by Crippen LogP contribution is 2.22. The van der Waals surface area contributed by atoms with Crippen molar-refractivity contribution < 1.29 is 19.2 Å². The number of hydrogen-bond acceptors (Lipinski definition) is 5. The average Bonchev–Trinajstić information content (AvgIpc) is 3.06. The molecule has 1 saturated carbocycles. The molecule has 2 rings (SSSR count). The lowest BCUT2D eigenvalue weighted by atomic mass is 10.0. The van der Waals surface area contributed by atoms with Gasteiger partial charge in [0.05, 0.1) is 4.92 Å². The van der Waals surface area contributed by atoms with Crippen LogP contribution in [0.3, 0.4) is 0 Å². The molecule has 1 atom stereocenters. The number of ether oxygens (including phenoxy) is 1. The van der Waals surface area contributed by atoms with Crippen LogP contribution in [0.15, 0.2) is 24.3 Å². The zero-order chi connectivity index (χ0) is 18.4. The average molecular weight is 348 g/mol. The molecule has 0 spiro atoms. The third-order valence-corrected chi connectivity index (χ3v) is 4.22. The first-order valence-electron chi connectivity index (χ1n) is 8.62. The van der Waals surface area contributed by atoms with Gasteiger partial charge in [0.25, 0.3) is 11.6 Å². The number of nitro benzene ring substituents is 1. The van der Waals surface area contributed by atoms with Crippen LogP contribution in [0, 0.1) is 16.0 Å². The Kier molecular flexibility index (Phi) is 6.50. The predicted octanol–water partition coefficient (Wildman–Crippen LogP) is 3.23. The van der Waals surface area contributed by atoms with Gasteiger partial charge >= 0.3 is 5.97 Å². The van der Waals surface area contributed by atoms with Crippen LogP contribution in [0.25, 0.3) is 0 Å². The molecule has 0 aliphatic heterocycles. The predicted molar refractivity (Wildman–Crippen MR) is 92.2 cm³/mol. The van der Waals surface area contributed by atoms with Crippen LogP contribution < -0.4 is 5.32 Å². The minimum atomic E-state index is -0.719. The van der Waals surface area contributed by atoms with E-state index in [0.29, 0.717) is 6.42 Å². The SMILES string of the molecule is CC(C)CC(NC(=O)c1ccc([N+](=O)[O-])cc1)C(=O)OC1CCCC1. The zero-order valence-corrected chi connectivity index (χ0v) is 14.6. The minimum Gasteiger partial charge on any atom is -0.461 e. The van der Waals surface area contributed by atoms with E-state index in [4.69, 9.17) is 4.74 Å². The second-order valence-electron chi connectivity index (χ2n) is 6.80. The number of nitrogens with one attached hydrogen (secondary N) is 1. The van der Waals surface area contributed by atoms with E-state index in [1.807, 2.05) is 13.8 Å². The van der Waals surface area contributed by atoms with Crippen LogP contribution in [0.1, 0.15) is 56.3 Å². The number of amides is 1. The second kappa shape index (κ2) is 8.60. The fraction of sp³-hybridized carbons (Fsp3) is 0.556. The largest absolute Gasteiger partial charge is 0.461 e. The van der Waals surface area contributed by atoms with E-state index in [-0.39, 0.29) is 23.3 Å². The maximum Gasteiger partial charge on any atom is 0.328 e. The maximum atomic E-state index is 12.4. The lowest BCUT2D eigenvalue weighted by molar-refractivity contribution is -0.384. The summed E-state index contributed by atoms with van der Waals surface area (Å²) in [5.41, 5.74) is 0.184. The standard InChI is InChI=1S/C18H24N2O5/c1-12(2)11-16(18(22)25-15-5-3-4-6-15)19-17(21)13-7-9-14(10-8-13)20(23)24/h7-10,12,15-16H,3-6,11H2,1-2H3,(H,19,21). The number of esters is 1. The summed E-state index contributed by atoms with van der Waals surface area (Å²) in [5.74, 6) is -0.641. The minimum absolute atomic E-state index is 0.0570. The van der Waals surface area contributed by atoms with Gasteiger partial charge in [-0.15, -0.1) is 0 Å². The summed E-state index contributed by atoms with van der Waals surface area (Å²) >= 11 is 0. The Labute approximate surface area is 146 Å². The Bertz CT molecular complexity index is 621. The molecular weight excluding hydrogens is 324 g/mol. The molecule has 7 nitrogen and oxygen atoms in total. The number of benzene rings is 1. The molecule has 0 radical (unpaired) electrons. The first-order valence-corrected chi connectivity index (χ1v) is 8.62. The van der Waals surface area contributed by atoms with Crippen LogP contribution in [0.2, 0.25) is 0 Å². The van der Waals surface area contributed by atoms with Gasteiger partial charge < -0.3 is 10.1 Å². The number of carbonyl (C=O) groups excluding carboxylic acids is 2. The molecular formula is C18H24N2O5. The molecule has 0 heterocycles. The van der Waals surface area contributed by atoms with Gasteiger partial charge in [-0.1, -0.05) is 13.8 Å². The van der Waals surface area contributed by atoms with Crippen molar-refractivity contribution in [2.24, 2.45) is 5.92 Å². The summed E-state index contributed by atoms with van der Waals surface area (Å²) in [5, 5.41) is 13.4. The summed E-state index contributed by atoms with van der Waals surface area (Å²) in [6.07, 6.45) is 4.28. The second-order valence-corrected chi connectivity index (χ2v) is 6.80. The van der Waals surface area contributed by atoms with Crippen molar-refractivity contribution in [3.05, 3.63) is 39.9 Å². The van der Waals surface area contributed by atoms with Crippen LogP contribution in [0.4, 0.5) is 5.69 Å². The fourth-order valence-electron chi connectivity index (χ4n) is 2.91. The van der Waals surface area contributed by atoms with Gasteiger partial charge in [-0.2, -0.15) is 0 Å². The lowest BCUT2D eigenvalue weighted by Crippen LogP contribution is -2.43. The Balaban J connectivity index is 2.02. The van der Waals surface area contributed by atoms with Crippen LogP contribution in [0.5, 0.6) is 0 Å². The number of nitrogens with zero attached hydrogens (tertiary/aromatic N) is 1. The van der Waals surface area contributed by atoms with Gasteiger partial charge in [-0.25, -0.2) is 4.79 Å². The van der Waals surface area contributed by atoms with Crippen molar-refractivity contribution in [2.75, 3.05) is 0 Å². The van der Waals surface area contributed by atoms with Gasteiger partial charge in [0.15, 0.2) is 0 Å². The molecule has 1 amide bonds. The van der Waals surface area contributed by atoms with Gasteiger partial charge in [0.2, 0.25) is 0 Å². The summed E-state index contributed by atoms with van der Waals surface area (Å²) in [4.78, 5) is 34.9. The quantitative estimate of drug-likeness (QED) is 0.463. The Morgan fingerprint density at radius 3 is 2.36 bits per heavy atom. The molecule has 136 valence electrons. The van der Waals surface area contributed by atoms with Gasteiger partial charge in [-0.05, 0) is 50.2 Å². The molecule has 1 unspecified atom stereocenters. The molecule has 0 aromatic heterocycles. The highest BCUT2D eigenvalue weighted by molar-refractivity contribution is 5.97. The molecule has 0 bridgehead atoms. The number of hydrogen-bond donors (Lipinski definition) is 1.